The minimum Gasteiger partial charge on any atom is -0.316 e. The van der Waals surface area contributed by atoms with Crippen LogP contribution in [-0.4, -0.2) is 44.8 Å². The molecule has 2 aliphatic carbocycles. The molecule has 0 radical (unpaired) electrons. The molecule has 2 rings (SSSR count). The summed E-state index contributed by atoms with van der Waals surface area (Å²) in [6.07, 6.45) is 32.8. The van der Waals surface area contributed by atoms with E-state index in [0.29, 0.717) is 0 Å². The van der Waals surface area contributed by atoms with Crippen LogP contribution in [0.1, 0.15) is 135 Å². The van der Waals surface area contributed by atoms with Crippen LogP contribution < -0.4 is 10.6 Å². The van der Waals surface area contributed by atoms with Crippen LogP contribution in [0.25, 0.3) is 0 Å². The normalized spacial score (nSPS) is 22.8. The highest BCUT2D eigenvalue weighted by molar-refractivity contribution is 5.05. The van der Waals surface area contributed by atoms with Crippen molar-refractivity contribution < 1.29 is 0 Å². The Balaban J connectivity index is 1.54. The number of unbranched alkanes of at least 4 members (excludes halogenated alkanes) is 3. The molecular weight excluding hydrogens is 426 g/mol. The molecule has 204 valence electrons. The molecule has 0 saturated heterocycles. The zero-order valence-electron chi connectivity index (χ0n) is 23.9. The molecule has 0 amide bonds. The first kappa shape index (κ1) is 30.6. The lowest BCUT2D eigenvalue weighted by Crippen LogP contribution is -2.34. The Morgan fingerprint density at radius 3 is 2.06 bits per heavy atom. The van der Waals surface area contributed by atoms with E-state index in [1.807, 2.05) is 0 Å². The first-order valence-corrected chi connectivity index (χ1v) is 15.7. The summed E-state index contributed by atoms with van der Waals surface area (Å²) in [5.41, 5.74) is 3.44. The van der Waals surface area contributed by atoms with Gasteiger partial charge in [-0.1, -0.05) is 88.0 Å². The first-order valence-electron chi connectivity index (χ1n) is 15.7. The molecule has 0 heterocycles. The SMILES string of the molecule is CNCN(CCCCCCNCC(C)C/C1=C\CCCCCC1)C/C1=C\CCCCCCCCC1. The van der Waals surface area contributed by atoms with E-state index < -0.39 is 0 Å². The van der Waals surface area contributed by atoms with Crippen LogP contribution in [0.4, 0.5) is 0 Å². The summed E-state index contributed by atoms with van der Waals surface area (Å²) in [7, 11) is 2.10. The zero-order chi connectivity index (χ0) is 24.8. The molecule has 0 saturated carbocycles. The summed E-state index contributed by atoms with van der Waals surface area (Å²) < 4.78 is 0. The van der Waals surface area contributed by atoms with Crippen LogP contribution in [0.2, 0.25) is 0 Å². The largest absolute Gasteiger partial charge is 0.316 e. The molecule has 3 heteroatoms. The van der Waals surface area contributed by atoms with E-state index in [0.717, 1.165) is 12.6 Å². The first-order chi connectivity index (χ1) is 17.3. The summed E-state index contributed by atoms with van der Waals surface area (Å²) in [4.78, 5) is 2.65. The lowest BCUT2D eigenvalue weighted by molar-refractivity contribution is 0.271. The van der Waals surface area contributed by atoms with Crippen molar-refractivity contribution in [2.75, 3.05) is 39.9 Å². The molecule has 2 N–H and O–H groups in total. The third-order valence-corrected chi connectivity index (χ3v) is 8.01. The Morgan fingerprint density at radius 2 is 1.34 bits per heavy atom. The van der Waals surface area contributed by atoms with Crippen LogP contribution in [0.15, 0.2) is 23.3 Å². The highest BCUT2D eigenvalue weighted by Gasteiger charge is 2.09. The lowest BCUT2D eigenvalue weighted by atomic mass is 9.93. The molecule has 0 aromatic rings. The smallest absolute Gasteiger partial charge is 0.0481 e. The van der Waals surface area contributed by atoms with E-state index in [1.165, 1.54) is 155 Å². The third-order valence-electron chi connectivity index (χ3n) is 8.01. The molecule has 1 unspecified atom stereocenters. The topological polar surface area (TPSA) is 27.3 Å². The Labute approximate surface area is 220 Å². The Morgan fingerprint density at radius 1 is 0.743 bits per heavy atom. The summed E-state index contributed by atoms with van der Waals surface area (Å²) in [6, 6.07) is 0. The predicted octanol–water partition coefficient (Wildman–Crippen LogP) is 8.37. The quantitative estimate of drug-likeness (QED) is 0.138. The maximum Gasteiger partial charge on any atom is 0.0481 e. The van der Waals surface area contributed by atoms with E-state index in [4.69, 9.17) is 0 Å². The van der Waals surface area contributed by atoms with Gasteiger partial charge < -0.3 is 10.6 Å². The predicted molar refractivity (Wildman–Crippen MR) is 156 cm³/mol. The van der Waals surface area contributed by atoms with Crippen molar-refractivity contribution in [1.82, 2.24) is 15.5 Å². The average molecular weight is 488 g/mol. The fourth-order valence-corrected chi connectivity index (χ4v) is 5.91. The molecule has 0 aromatic heterocycles. The number of nitrogens with one attached hydrogen (secondary N) is 2. The van der Waals surface area contributed by atoms with Gasteiger partial charge in [-0.3, -0.25) is 4.90 Å². The second-order valence-corrected chi connectivity index (χ2v) is 11.7. The van der Waals surface area contributed by atoms with Gasteiger partial charge in [-0.15, -0.1) is 0 Å². The van der Waals surface area contributed by atoms with Crippen molar-refractivity contribution in [1.29, 1.82) is 0 Å². The summed E-state index contributed by atoms with van der Waals surface area (Å²) >= 11 is 0. The van der Waals surface area contributed by atoms with Crippen molar-refractivity contribution in [3.8, 4) is 0 Å². The molecule has 0 bridgehead atoms. The zero-order valence-corrected chi connectivity index (χ0v) is 23.9. The van der Waals surface area contributed by atoms with Crippen molar-refractivity contribution >= 4 is 0 Å². The van der Waals surface area contributed by atoms with Gasteiger partial charge in [0.05, 0.1) is 0 Å². The van der Waals surface area contributed by atoms with Gasteiger partial charge in [0.2, 0.25) is 0 Å². The fourth-order valence-electron chi connectivity index (χ4n) is 5.91. The molecular formula is C32H61N3. The fraction of sp³-hybridized carbons (Fsp3) is 0.875. The molecule has 0 spiro atoms. The standard InChI is InChI=1S/C32H61N3/c1-30(26-31-20-14-10-7-11-15-21-31)27-34-24-18-12-13-19-25-35(29-33-2)28-32-22-16-8-5-3-4-6-9-17-23-32/h20,22,30,33-34H,3-19,21,23-29H2,1-2H3/b31-20-,32-22-. The second-order valence-electron chi connectivity index (χ2n) is 11.7. The van der Waals surface area contributed by atoms with Gasteiger partial charge in [0.25, 0.3) is 0 Å². The van der Waals surface area contributed by atoms with E-state index in [-0.39, 0.29) is 0 Å². The second kappa shape index (κ2) is 21.4. The lowest BCUT2D eigenvalue weighted by Gasteiger charge is -2.24. The summed E-state index contributed by atoms with van der Waals surface area (Å²) in [6.45, 7) is 8.24. The number of allylic oxidation sites excluding steroid dienone is 3. The van der Waals surface area contributed by atoms with Crippen LogP contribution in [0.3, 0.4) is 0 Å². The third kappa shape index (κ3) is 16.7. The van der Waals surface area contributed by atoms with Crippen LogP contribution in [0.5, 0.6) is 0 Å². The summed E-state index contributed by atoms with van der Waals surface area (Å²) in [5.74, 6) is 0.774. The number of hydrogen-bond donors (Lipinski definition) is 2. The maximum absolute atomic E-state index is 3.75. The van der Waals surface area contributed by atoms with Gasteiger partial charge >= 0.3 is 0 Å². The van der Waals surface area contributed by atoms with Crippen molar-refractivity contribution in [2.24, 2.45) is 5.92 Å². The minimum absolute atomic E-state index is 0.774. The molecule has 0 aliphatic heterocycles. The van der Waals surface area contributed by atoms with Crippen molar-refractivity contribution in [3.05, 3.63) is 23.3 Å². The van der Waals surface area contributed by atoms with Gasteiger partial charge in [0, 0.05) is 13.2 Å². The summed E-state index contributed by atoms with van der Waals surface area (Å²) in [5, 5.41) is 7.16. The van der Waals surface area contributed by atoms with Crippen LogP contribution in [-0.2, 0) is 0 Å². The van der Waals surface area contributed by atoms with Crippen molar-refractivity contribution in [3.63, 3.8) is 0 Å². The van der Waals surface area contributed by atoms with Gasteiger partial charge in [0.15, 0.2) is 0 Å². The van der Waals surface area contributed by atoms with Gasteiger partial charge in [-0.05, 0) is 103 Å². The molecule has 2 aliphatic rings. The molecule has 3 nitrogen and oxygen atoms in total. The molecule has 35 heavy (non-hydrogen) atoms. The van der Waals surface area contributed by atoms with E-state index in [2.05, 4.69) is 41.7 Å². The number of hydrogen-bond acceptors (Lipinski definition) is 3. The average Bonchev–Trinajstić information content (AvgIpc) is 2.89. The Kier molecular flexibility index (Phi) is 18.7. The Bertz CT molecular complexity index is 553. The minimum atomic E-state index is 0.774. The Hall–Kier alpha value is -0.640. The number of rotatable bonds is 15. The van der Waals surface area contributed by atoms with Gasteiger partial charge in [-0.2, -0.15) is 0 Å². The van der Waals surface area contributed by atoms with Crippen LogP contribution in [0, 0.1) is 5.92 Å². The van der Waals surface area contributed by atoms with E-state index in [1.54, 1.807) is 11.1 Å². The molecule has 1 atom stereocenters. The van der Waals surface area contributed by atoms with Crippen LogP contribution >= 0.6 is 0 Å². The number of nitrogens with zero attached hydrogens (tertiary/aromatic N) is 1. The van der Waals surface area contributed by atoms with Gasteiger partial charge in [0.1, 0.15) is 0 Å². The van der Waals surface area contributed by atoms with E-state index in [9.17, 15) is 0 Å². The highest BCUT2D eigenvalue weighted by Crippen LogP contribution is 2.22. The maximum atomic E-state index is 3.75. The van der Waals surface area contributed by atoms with Gasteiger partial charge in [-0.25, -0.2) is 0 Å². The molecule has 0 fully saturated rings. The highest BCUT2D eigenvalue weighted by atomic mass is 15.2. The monoisotopic (exact) mass is 487 g/mol. The van der Waals surface area contributed by atoms with E-state index >= 15 is 0 Å². The van der Waals surface area contributed by atoms with Crippen molar-refractivity contribution in [2.45, 2.75) is 135 Å². The molecule has 0 aromatic carbocycles.